The van der Waals surface area contributed by atoms with Crippen molar-refractivity contribution in [1.82, 2.24) is 25.3 Å². The smallest absolute Gasteiger partial charge is 0.132 e. The van der Waals surface area contributed by atoms with Gasteiger partial charge in [0.25, 0.3) is 0 Å². The van der Waals surface area contributed by atoms with Crippen molar-refractivity contribution in [3.8, 4) is 11.4 Å². The van der Waals surface area contributed by atoms with Crippen LogP contribution in [0.3, 0.4) is 0 Å². The number of halogens is 1. The Balaban J connectivity index is 0.000000960. The lowest BCUT2D eigenvalue weighted by molar-refractivity contribution is 0.446. The topological polar surface area (TPSA) is 98.0 Å². The Morgan fingerprint density at radius 2 is 1.91 bits per heavy atom. The molecule has 23 heavy (non-hydrogen) atoms. The molecule has 4 N–H and O–H groups in total. The van der Waals surface area contributed by atoms with Gasteiger partial charge < -0.3 is 15.8 Å². The van der Waals surface area contributed by atoms with Crippen LogP contribution in [0.5, 0.6) is 0 Å². The first-order valence-corrected chi connectivity index (χ1v) is 7.38. The van der Waals surface area contributed by atoms with Crippen LogP contribution < -0.4 is 5.32 Å². The first-order chi connectivity index (χ1) is 10.4. The third-order valence-corrected chi connectivity index (χ3v) is 4.03. The number of nitrogens with zero attached hydrogens (tertiary/aromatic N) is 3. The predicted molar refractivity (Wildman–Crippen MR) is 92.8 cm³/mol. The van der Waals surface area contributed by atoms with Gasteiger partial charge in [-0.1, -0.05) is 6.07 Å². The van der Waals surface area contributed by atoms with Crippen LogP contribution >= 0.6 is 12.4 Å². The summed E-state index contributed by atoms with van der Waals surface area (Å²) in [5, 5.41) is 3.38. The van der Waals surface area contributed by atoms with Gasteiger partial charge in [0.1, 0.15) is 5.82 Å². The predicted octanol–water partition coefficient (Wildman–Crippen LogP) is 2.08. The van der Waals surface area contributed by atoms with Crippen LogP contribution in [0, 0.1) is 0 Å². The Hall–Kier alpha value is -2.02. The summed E-state index contributed by atoms with van der Waals surface area (Å²) in [6, 6.07) is 7.96. The van der Waals surface area contributed by atoms with Gasteiger partial charge in [-0.15, -0.1) is 12.4 Å². The molecule has 7 heteroatoms. The van der Waals surface area contributed by atoms with Crippen molar-refractivity contribution >= 4 is 23.4 Å². The van der Waals surface area contributed by atoms with Gasteiger partial charge in [0, 0.05) is 12.1 Å². The minimum atomic E-state index is 0. The number of nitrogens with one attached hydrogen (secondary N) is 2. The Morgan fingerprint density at radius 3 is 2.65 bits per heavy atom. The minimum absolute atomic E-state index is 0. The standard InChI is InChI=1S/C16H17N5.ClH.H2O/c1-2-6-18-12(3-1)13-9-14-15(20-13)10-19-16(21-14)11-4-7-17-8-5-11;;/h1-3,6,9-11,17,20H,4-5,7-8H2;1H;1H2. The molecule has 0 aromatic carbocycles. The number of fused-ring (bicyclic) bond motifs is 1. The number of aromatic amines is 1. The lowest BCUT2D eigenvalue weighted by Gasteiger charge is -2.20. The van der Waals surface area contributed by atoms with Crippen molar-refractivity contribution in [2.45, 2.75) is 18.8 Å². The van der Waals surface area contributed by atoms with Gasteiger partial charge in [-0.2, -0.15) is 0 Å². The van der Waals surface area contributed by atoms with E-state index in [1.54, 1.807) is 6.20 Å². The molecule has 122 valence electrons. The van der Waals surface area contributed by atoms with E-state index in [1.807, 2.05) is 24.4 Å². The third-order valence-electron chi connectivity index (χ3n) is 4.03. The molecule has 0 saturated carbocycles. The van der Waals surface area contributed by atoms with E-state index < -0.39 is 0 Å². The zero-order chi connectivity index (χ0) is 14.1. The molecule has 0 unspecified atom stereocenters. The van der Waals surface area contributed by atoms with Gasteiger partial charge in [0.15, 0.2) is 0 Å². The maximum atomic E-state index is 4.75. The van der Waals surface area contributed by atoms with Gasteiger partial charge in [-0.25, -0.2) is 9.97 Å². The second-order valence-electron chi connectivity index (χ2n) is 5.45. The summed E-state index contributed by atoms with van der Waals surface area (Å²) in [4.78, 5) is 17.0. The van der Waals surface area contributed by atoms with Crippen LogP contribution in [0.15, 0.2) is 36.7 Å². The molecule has 6 nitrogen and oxygen atoms in total. The average molecular weight is 334 g/mol. The molecule has 1 saturated heterocycles. The van der Waals surface area contributed by atoms with Gasteiger partial charge in [-0.3, -0.25) is 4.98 Å². The van der Waals surface area contributed by atoms with Crippen molar-refractivity contribution < 1.29 is 5.48 Å². The fraction of sp³-hybridized carbons (Fsp3) is 0.312. The zero-order valence-corrected chi connectivity index (χ0v) is 13.4. The van der Waals surface area contributed by atoms with Crippen molar-refractivity contribution in [1.29, 1.82) is 0 Å². The van der Waals surface area contributed by atoms with Crippen molar-refractivity contribution in [3.05, 3.63) is 42.5 Å². The molecule has 1 aliphatic rings. The summed E-state index contributed by atoms with van der Waals surface area (Å²) in [5.74, 6) is 1.44. The highest BCUT2D eigenvalue weighted by Crippen LogP contribution is 2.25. The lowest BCUT2D eigenvalue weighted by Crippen LogP contribution is -2.27. The Morgan fingerprint density at radius 1 is 1.09 bits per heavy atom. The highest BCUT2D eigenvalue weighted by molar-refractivity contribution is 5.85. The van der Waals surface area contributed by atoms with Gasteiger partial charge in [0.2, 0.25) is 0 Å². The van der Waals surface area contributed by atoms with E-state index >= 15 is 0 Å². The van der Waals surface area contributed by atoms with Crippen molar-refractivity contribution in [2.75, 3.05) is 13.1 Å². The van der Waals surface area contributed by atoms with Crippen molar-refractivity contribution in [3.63, 3.8) is 0 Å². The second kappa shape index (κ2) is 7.50. The third kappa shape index (κ3) is 3.50. The molecule has 0 atom stereocenters. The van der Waals surface area contributed by atoms with E-state index in [0.29, 0.717) is 5.92 Å². The van der Waals surface area contributed by atoms with Crippen LogP contribution in [0.25, 0.3) is 22.4 Å². The molecule has 1 aliphatic heterocycles. The second-order valence-corrected chi connectivity index (χ2v) is 5.45. The van der Waals surface area contributed by atoms with Gasteiger partial charge >= 0.3 is 0 Å². The molecular formula is C16H20ClN5O. The van der Waals surface area contributed by atoms with Gasteiger partial charge in [0.05, 0.1) is 28.6 Å². The van der Waals surface area contributed by atoms with Crippen LogP contribution in [-0.2, 0) is 0 Å². The molecule has 0 amide bonds. The maximum Gasteiger partial charge on any atom is 0.132 e. The Labute approximate surface area is 140 Å². The van der Waals surface area contributed by atoms with E-state index in [4.69, 9.17) is 4.98 Å². The number of pyridine rings is 1. The molecule has 0 bridgehead atoms. The highest BCUT2D eigenvalue weighted by Gasteiger charge is 2.18. The largest absolute Gasteiger partial charge is 0.412 e. The number of piperidine rings is 1. The van der Waals surface area contributed by atoms with E-state index in [0.717, 1.165) is 54.2 Å². The normalized spacial score (nSPS) is 15.0. The fourth-order valence-corrected chi connectivity index (χ4v) is 2.87. The Bertz CT molecular complexity index is 756. The van der Waals surface area contributed by atoms with Gasteiger partial charge in [-0.05, 0) is 44.1 Å². The summed E-state index contributed by atoms with van der Waals surface area (Å²) in [6.45, 7) is 2.11. The summed E-state index contributed by atoms with van der Waals surface area (Å²) >= 11 is 0. The number of hydrogen-bond acceptors (Lipinski definition) is 4. The molecule has 4 rings (SSSR count). The Kier molecular flexibility index (Phi) is 5.65. The molecule has 3 aromatic rings. The average Bonchev–Trinajstić information content (AvgIpc) is 2.99. The molecule has 0 aliphatic carbocycles. The number of hydrogen-bond donors (Lipinski definition) is 2. The zero-order valence-electron chi connectivity index (χ0n) is 12.6. The van der Waals surface area contributed by atoms with E-state index in [2.05, 4.69) is 26.3 Å². The van der Waals surface area contributed by atoms with E-state index in [-0.39, 0.29) is 17.9 Å². The van der Waals surface area contributed by atoms with E-state index in [1.165, 1.54) is 0 Å². The number of H-pyrrole nitrogens is 1. The first-order valence-electron chi connectivity index (χ1n) is 7.38. The lowest BCUT2D eigenvalue weighted by atomic mass is 9.97. The monoisotopic (exact) mass is 333 g/mol. The van der Waals surface area contributed by atoms with Crippen LogP contribution in [0.4, 0.5) is 0 Å². The highest BCUT2D eigenvalue weighted by atomic mass is 35.5. The molecule has 3 aromatic heterocycles. The summed E-state index contributed by atoms with van der Waals surface area (Å²) in [5.41, 5.74) is 3.86. The number of aromatic nitrogens is 4. The molecule has 1 fully saturated rings. The van der Waals surface area contributed by atoms with Crippen molar-refractivity contribution in [2.24, 2.45) is 0 Å². The fourth-order valence-electron chi connectivity index (χ4n) is 2.87. The molecule has 4 heterocycles. The van der Waals surface area contributed by atoms with Crippen LogP contribution in [0.1, 0.15) is 24.6 Å². The van der Waals surface area contributed by atoms with Crippen LogP contribution in [0.2, 0.25) is 0 Å². The summed E-state index contributed by atoms with van der Waals surface area (Å²) < 4.78 is 0. The maximum absolute atomic E-state index is 4.75. The first kappa shape index (κ1) is 17.3. The molecule has 0 spiro atoms. The summed E-state index contributed by atoms with van der Waals surface area (Å²) in [7, 11) is 0. The van der Waals surface area contributed by atoms with Crippen LogP contribution in [-0.4, -0.2) is 38.5 Å². The van der Waals surface area contributed by atoms with E-state index in [9.17, 15) is 0 Å². The summed E-state index contributed by atoms with van der Waals surface area (Å²) in [6.07, 6.45) is 5.92. The quantitative estimate of drug-likeness (QED) is 0.750. The number of rotatable bonds is 2. The SMILES string of the molecule is Cl.O.c1ccc(-c2cc3nc(C4CCNCC4)ncc3[nH]2)nc1. The minimum Gasteiger partial charge on any atom is -0.412 e. The molecule has 0 radical (unpaired) electrons. The molecular weight excluding hydrogens is 314 g/mol.